The molecule has 1 amide bonds. The first kappa shape index (κ1) is 11.9. The Morgan fingerprint density at radius 3 is 2.82 bits per heavy atom. The number of benzene rings is 1. The van der Waals surface area contributed by atoms with Crippen molar-refractivity contribution >= 4 is 5.91 Å². The van der Waals surface area contributed by atoms with E-state index in [1.807, 2.05) is 6.07 Å². The molecular weight excluding hydrogens is 216 g/mol. The molecular formula is C13H18N2O2. The van der Waals surface area contributed by atoms with E-state index in [0.29, 0.717) is 6.54 Å². The monoisotopic (exact) mass is 234 g/mol. The number of phenols is 1. The summed E-state index contributed by atoms with van der Waals surface area (Å²) < 4.78 is 0. The largest absolute Gasteiger partial charge is 0.508 e. The van der Waals surface area contributed by atoms with E-state index in [-0.39, 0.29) is 23.6 Å². The van der Waals surface area contributed by atoms with Gasteiger partial charge in [-0.3, -0.25) is 4.79 Å². The predicted octanol–water partition coefficient (Wildman–Crippen LogP) is 1.14. The number of hydrogen-bond acceptors (Lipinski definition) is 3. The van der Waals surface area contributed by atoms with Crippen molar-refractivity contribution in [2.24, 2.45) is 11.7 Å². The summed E-state index contributed by atoms with van der Waals surface area (Å²) in [7, 11) is 0. The van der Waals surface area contributed by atoms with Crippen molar-refractivity contribution in [3.63, 3.8) is 0 Å². The predicted molar refractivity (Wildman–Crippen MR) is 65.3 cm³/mol. The van der Waals surface area contributed by atoms with Crippen LogP contribution in [0.4, 0.5) is 0 Å². The molecule has 2 unspecified atom stereocenters. The van der Waals surface area contributed by atoms with Crippen molar-refractivity contribution in [1.82, 2.24) is 5.32 Å². The molecule has 4 N–H and O–H groups in total. The quantitative estimate of drug-likeness (QED) is 0.734. The van der Waals surface area contributed by atoms with E-state index >= 15 is 0 Å². The van der Waals surface area contributed by atoms with Gasteiger partial charge in [-0.1, -0.05) is 18.2 Å². The summed E-state index contributed by atoms with van der Waals surface area (Å²) in [6.07, 6.45) is 2.56. The smallest absolute Gasteiger partial charge is 0.223 e. The van der Waals surface area contributed by atoms with Crippen LogP contribution < -0.4 is 11.1 Å². The van der Waals surface area contributed by atoms with E-state index in [4.69, 9.17) is 5.73 Å². The molecule has 2 atom stereocenters. The van der Waals surface area contributed by atoms with Crippen LogP contribution in [-0.2, 0) is 11.3 Å². The van der Waals surface area contributed by atoms with Crippen LogP contribution in [0, 0.1) is 5.92 Å². The second-order valence-corrected chi connectivity index (χ2v) is 4.62. The highest BCUT2D eigenvalue weighted by Crippen LogP contribution is 2.24. The zero-order chi connectivity index (χ0) is 12.3. The molecule has 2 rings (SSSR count). The van der Waals surface area contributed by atoms with Gasteiger partial charge in [-0.15, -0.1) is 0 Å². The van der Waals surface area contributed by atoms with E-state index < -0.39 is 0 Å². The lowest BCUT2D eigenvalue weighted by Crippen LogP contribution is -2.30. The Morgan fingerprint density at radius 2 is 2.18 bits per heavy atom. The zero-order valence-electron chi connectivity index (χ0n) is 9.73. The standard InChI is InChI=1S/C13H18N2O2/c14-11-6-5-9(7-11)13(17)15-8-10-3-1-2-4-12(10)16/h1-4,9,11,16H,5-8,14H2,(H,15,17). The molecule has 1 aromatic carbocycles. The molecule has 0 radical (unpaired) electrons. The lowest BCUT2D eigenvalue weighted by Gasteiger charge is -2.11. The maximum atomic E-state index is 11.8. The van der Waals surface area contributed by atoms with Crippen molar-refractivity contribution in [3.8, 4) is 5.75 Å². The molecule has 1 saturated carbocycles. The van der Waals surface area contributed by atoms with Gasteiger partial charge in [0, 0.05) is 24.1 Å². The Morgan fingerprint density at radius 1 is 1.41 bits per heavy atom. The van der Waals surface area contributed by atoms with Gasteiger partial charge in [-0.2, -0.15) is 0 Å². The van der Waals surface area contributed by atoms with Crippen LogP contribution in [0.5, 0.6) is 5.75 Å². The number of aromatic hydroxyl groups is 1. The van der Waals surface area contributed by atoms with Gasteiger partial charge < -0.3 is 16.2 Å². The molecule has 0 spiro atoms. The average Bonchev–Trinajstić information content (AvgIpc) is 2.74. The molecule has 4 heteroatoms. The first-order valence-corrected chi connectivity index (χ1v) is 5.97. The fraction of sp³-hybridized carbons (Fsp3) is 0.462. The lowest BCUT2D eigenvalue weighted by atomic mass is 10.1. The van der Waals surface area contributed by atoms with Crippen molar-refractivity contribution in [2.45, 2.75) is 31.8 Å². The number of rotatable bonds is 3. The SMILES string of the molecule is NC1CCC(C(=O)NCc2ccccc2O)C1. The molecule has 1 aliphatic carbocycles. The molecule has 0 heterocycles. The fourth-order valence-corrected chi connectivity index (χ4v) is 2.24. The van der Waals surface area contributed by atoms with Crippen molar-refractivity contribution in [2.75, 3.05) is 0 Å². The third kappa shape index (κ3) is 2.97. The van der Waals surface area contributed by atoms with E-state index in [9.17, 15) is 9.90 Å². The summed E-state index contributed by atoms with van der Waals surface area (Å²) in [5.74, 6) is 0.299. The summed E-state index contributed by atoms with van der Waals surface area (Å²) in [5, 5.41) is 12.4. The number of nitrogens with one attached hydrogen (secondary N) is 1. The number of hydrogen-bond donors (Lipinski definition) is 3. The van der Waals surface area contributed by atoms with Crippen LogP contribution in [0.25, 0.3) is 0 Å². The fourth-order valence-electron chi connectivity index (χ4n) is 2.24. The maximum Gasteiger partial charge on any atom is 0.223 e. The van der Waals surface area contributed by atoms with Crippen LogP contribution in [-0.4, -0.2) is 17.1 Å². The van der Waals surface area contributed by atoms with Gasteiger partial charge >= 0.3 is 0 Å². The molecule has 1 aliphatic rings. The van der Waals surface area contributed by atoms with Gasteiger partial charge in [0.15, 0.2) is 0 Å². The molecule has 0 bridgehead atoms. The average molecular weight is 234 g/mol. The summed E-state index contributed by atoms with van der Waals surface area (Å²) >= 11 is 0. The Bertz CT molecular complexity index is 406. The Kier molecular flexibility index (Phi) is 3.64. The summed E-state index contributed by atoms with van der Waals surface area (Å²) in [4.78, 5) is 11.8. The van der Waals surface area contributed by atoms with E-state index in [1.54, 1.807) is 18.2 Å². The Balaban J connectivity index is 1.86. The van der Waals surface area contributed by atoms with Crippen LogP contribution in [0.3, 0.4) is 0 Å². The van der Waals surface area contributed by atoms with Crippen molar-refractivity contribution in [1.29, 1.82) is 0 Å². The highest BCUT2D eigenvalue weighted by Gasteiger charge is 2.27. The molecule has 17 heavy (non-hydrogen) atoms. The minimum atomic E-state index is 0.0378. The van der Waals surface area contributed by atoms with Crippen LogP contribution in [0.15, 0.2) is 24.3 Å². The van der Waals surface area contributed by atoms with Crippen LogP contribution >= 0.6 is 0 Å². The summed E-state index contributed by atoms with van der Waals surface area (Å²) in [5.41, 5.74) is 6.51. The number of nitrogens with two attached hydrogens (primary N) is 1. The highest BCUT2D eigenvalue weighted by molar-refractivity contribution is 5.79. The summed E-state index contributed by atoms with van der Waals surface area (Å²) in [6, 6.07) is 7.18. The normalized spacial score (nSPS) is 23.6. The number of carbonyl (C=O) groups excluding carboxylic acids is 1. The number of para-hydroxylation sites is 1. The van der Waals surface area contributed by atoms with Crippen LogP contribution in [0.1, 0.15) is 24.8 Å². The van der Waals surface area contributed by atoms with E-state index in [0.717, 1.165) is 24.8 Å². The minimum Gasteiger partial charge on any atom is -0.508 e. The van der Waals surface area contributed by atoms with Crippen LogP contribution in [0.2, 0.25) is 0 Å². The third-order valence-electron chi connectivity index (χ3n) is 3.29. The Labute approximate surface area is 101 Å². The zero-order valence-corrected chi connectivity index (χ0v) is 9.73. The molecule has 4 nitrogen and oxygen atoms in total. The van der Waals surface area contributed by atoms with Gasteiger partial charge in [-0.05, 0) is 25.3 Å². The van der Waals surface area contributed by atoms with Gasteiger partial charge in [0.1, 0.15) is 5.75 Å². The molecule has 0 saturated heterocycles. The number of carbonyl (C=O) groups is 1. The first-order valence-electron chi connectivity index (χ1n) is 5.97. The number of phenolic OH excluding ortho intramolecular Hbond substituents is 1. The van der Waals surface area contributed by atoms with Gasteiger partial charge in [0.05, 0.1) is 0 Å². The minimum absolute atomic E-state index is 0.0378. The molecule has 1 aromatic rings. The van der Waals surface area contributed by atoms with Crippen molar-refractivity contribution in [3.05, 3.63) is 29.8 Å². The van der Waals surface area contributed by atoms with E-state index in [2.05, 4.69) is 5.32 Å². The highest BCUT2D eigenvalue weighted by atomic mass is 16.3. The molecule has 0 aromatic heterocycles. The first-order chi connectivity index (χ1) is 8.16. The summed E-state index contributed by atoms with van der Waals surface area (Å²) in [6.45, 7) is 0.372. The Hall–Kier alpha value is -1.55. The molecule has 0 aliphatic heterocycles. The second-order valence-electron chi connectivity index (χ2n) is 4.62. The van der Waals surface area contributed by atoms with Gasteiger partial charge in [0.2, 0.25) is 5.91 Å². The molecule has 1 fully saturated rings. The van der Waals surface area contributed by atoms with Gasteiger partial charge in [-0.25, -0.2) is 0 Å². The van der Waals surface area contributed by atoms with Crippen molar-refractivity contribution < 1.29 is 9.90 Å². The lowest BCUT2D eigenvalue weighted by molar-refractivity contribution is -0.125. The van der Waals surface area contributed by atoms with Gasteiger partial charge in [0.25, 0.3) is 0 Å². The molecule has 92 valence electrons. The topological polar surface area (TPSA) is 75.4 Å². The second kappa shape index (κ2) is 5.19. The number of amides is 1. The third-order valence-corrected chi connectivity index (χ3v) is 3.29. The maximum absolute atomic E-state index is 11.8. The van der Waals surface area contributed by atoms with E-state index in [1.165, 1.54) is 0 Å².